The van der Waals surface area contributed by atoms with Crippen molar-refractivity contribution in [2.24, 2.45) is 0 Å². The Kier molecular flexibility index (Phi) is 7.16. The molecule has 2 aromatic carbocycles. The number of hydrogen-bond acceptors (Lipinski definition) is 7. The summed E-state index contributed by atoms with van der Waals surface area (Å²) in [4.78, 5) is 28.9. The number of nitrogens with one attached hydrogen (secondary N) is 2. The van der Waals surface area contributed by atoms with Crippen molar-refractivity contribution >= 4 is 28.6 Å². The molecule has 0 aliphatic heterocycles. The Balaban J connectivity index is 1.20. The number of para-hydroxylation sites is 1. The summed E-state index contributed by atoms with van der Waals surface area (Å²) < 4.78 is 5.92. The first-order valence-electron chi connectivity index (χ1n) is 12.7. The first-order chi connectivity index (χ1) is 18.0. The number of carbonyl (C=O) groups is 1. The highest BCUT2D eigenvalue weighted by Crippen LogP contribution is 2.27. The summed E-state index contributed by atoms with van der Waals surface area (Å²) in [5, 5.41) is 7.73. The van der Waals surface area contributed by atoms with E-state index in [-0.39, 0.29) is 18.0 Å². The van der Waals surface area contributed by atoms with Crippen molar-refractivity contribution in [3.05, 3.63) is 78.0 Å². The van der Waals surface area contributed by atoms with E-state index in [4.69, 9.17) is 14.7 Å². The molecular formula is C29H32N6O2. The van der Waals surface area contributed by atoms with Crippen molar-refractivity contribution in [1.29, 1.82) is 0 Å². The Labute approximate surface area is 217 Å². The van der Waals surface area contributed by atoms with Crippen LogP contribution in [0, 0.1) is 6.92 Å². The minimum Gasteiger partial charge on any atom is -0.438 e. The smallest absolute Gasteiger partial charge is 0.257 e. The summed E-state index contributed by atoms with van der Waals surface area (Å²) >= 11 is 0. The van der Waals surface area contributed by atoms with Crippen molar-refractivity contribution < 1.29 is 9.53 Å². The van der Waals surface area contributed by atoms with Crippen molar-refractivity contribution in [2.45, 2.75) is 44.7 Å². The molecule has 1 amide bonds. The summed E-state index contributed by atoms with van der Waals surface area (Å²) in [7, 11) is 3.98. The molecule has 0 spiro atoms. The van der Waals surface area contributed by atoms with Gasteiger partial charge in [0.2, 0.25) is 11.8 Å². The zero-order valence-electron chi connectivity index (χ0n) is 21.4. The zero-order chi connectivity index (χ0) is 25.8. The molecule has 0 atom stereocenters. The first kappa shape index (κ1) is 24.5. The van der Waals surface area contributed by atoms with Crippen molar-refractivity contribution in [3.63, 3.8) is 0 Å². The minimum absolute atomic E-state index is 0.0906. The molecule has 0 radical (unpaired) electrons. The molecule has 37 heavy (non-hydrogen) atoms. The van der Waals surface area contributed by atoms with Crippen LogP contribution < -0.4 is 20.3 Å². The van der Waals surface area contributed by atoms with E-state index in [2.05, 4.69) is 15.6 Å². The molecule has 0 unspecified atom stereocenters. The van der Waals surface area contributed by atoms with Gasteiger partial charge in [-0.15, -0.1) is 0 Å². The molecule has 0 bridgehead atoms. The molecule has 1 aliphatic carbocycles. The Morgan fingerprint density at radius 3 is 2.41 bits per heavy atom. The molecular weight excluding hydrogens is 464 g/mol. The molecule has 2 N–H and O–H groups in total. The highest BCUT2D eigenvalue weighted by atomic mass is 16.5. The van der Waals surface area contributed by atoms with Gasteiger partial charge in [-0.25, -0.2) is 9.97 Å². The van der Waals surface area contributed by atoms with Gasteiger partial charge in [0, 0.05) is 37.8 Å². The van der Waals surface area contributed by atoms with E-state index < -0.39 is 0 Å². The van der Waals surface area contributed by atoms with Gasteiger partial charge in [0.15, 0.2) is 0 Å². The lowest BCUT2D eigenvalue weighted by atomic mass is 9.91. The lowest BCUT2D eigenvalue weighted by molar-refractivity contribution is 0.0923. The van der Waals surface area contributed by atoms with Gasteiger partial charge in [0.1, 0.15) is 17.1 Å². The molecule has 2 heterocycles. The molecule has 0 saturated heterocycles. The third-order valence-corrected chi connectivity index (χ3v) is 6.65. The van der Waals surface area contributed by atoms with Crippen LogP contribution >= 0.6 is 0 Å². The highest BCUT2D eigenvalue weighted by Gasteiger charge is 2.25. The lowest BCUT2D eigenvalue weighted by Gasteiger charge is -2.30. The monoisotopic (exact) mass is 496 g/mol. The Hall–Kier alpha value is -4.20. The fraction of sp³-hybridized carbons (Fsp3) is 0.310. The minimum atomic E-state index is -0.167. The molecule has 8 nitrogen and oxygen atoms in total. The van der Waals surface area contributed by atoms with Crippen molar-refractivity contribution in [1.82, 2.24) is 20.3 Å². The van der Waals surface area contributed by atoms with Crippen LogP contribution in [0.3, 0.4) is 0 Å². The summed E-state index contributed by atoms with van der Waals surface area (Å²) in [5.41, 5.74) is 2.50. The topological polar surface area (TPSA) is 92.3 Å². The van der Waals surface area contributed by atoms with E-state index in [9.17, 15) is 4.79 Å². The SMILES string of the molecule is Cc1ccc(Oc2ncccc2C(=O)NC2CCC(Nc3nc(N(C)C)c4ccccc4n3)CC2)cc1. The Bertz CT molecular complexity index is 1380. The van der Waals surface area contributed by atoms with Crippen molar-refractivity contribution in [2.75, 3.05) is 24.3 Å². The highest BCUT2D eigenvalue weighted by molar-refractivity contribution is 5.96. The van der Waals surface area contributed by atoms with Crippen LogP contribution in [0.1, 0.15) is 41.6 Å². The average Bonchev–Trinajstić information content (AvgIpc) is 2.91. The zero-order valence-corrected chi connectivity index (χ0v) is 21.4. The number of fused-ring (bicyclic) bond motifs is 1. The van der Waals surface area contributed by atoms with Crippen LogP contribution in [0.15, 0.2) is 66.9 Å². The van der Waals surface area contributed by atoms with Gasteiger partial charge in [-0.1, -0.05) is 29.8 Å². The van der Waals surface area contributed by atoms with E-state index in [1.807, 2.05) is 74.4 Å². The summed E-state index contributed by atoms with van der Waals surface area (Å²) in [5.74, 6) is 2.33. The molecule has 190 valence electrons. The fourth-order valence-electron chi connectivity index (χ4n) is 4.66. The van der Waals surface area contributed by atoms with Gasteiger partial charge in [-0.2, -0.15) is 4.98 Å². The predicted molar refractivity (Wildman–Crippen MR) is 146 cm³/mol. The number of rotatable bonds is 7. The summed E-state index contributed by atoms with van der Waals surface area (Å²) in [6.45, 7) is 2.02. The van der Waals surface area contributed by atoms with E-state index in [1.165, 1.54) is 0 Å². The van der Waals surface area contributed by atoms with Crippen LogP contribution in [-0.2, 0) is 0 Å². The van der Waals surface area contributed by atoms with Gasteiger partial charge < -0.3 is 20.3 Å². The van der Waals surface area contributed by atoms with Gasteiger partial charge >= 0.3 is 0 Å². The second kappa shape index (κ2) is 10.8. The van der Waals surface area contributed by atoms with E-state index in [1.54, 1.807) is 18.3 Å². The normalized spacial score (nSPS) is 17.3. The number of aromatic nitrogens is 3. The number of ether oxygens (including phenoxy) is 1. The van der Waals surface area contributed by atoms with Gasteiger partial charge in [0.25, 0.3) is 5.91 Å². The van der Waals surface area contributed by atoms with E-state index >= 15 is 0 Å². The summed E-state index contributed by atoms with van der Waals surface area (Å²) in [6, 6.07) is 19.6. The molecule has 5 rings (SSSR count). The maximum absolute atomic E-state index is 13.1. The number of hydrogen-bond donors (Lipinski definition) is 2. The standard InChI is InChI=1S/C29H32N6O2/c1-19-10-16-22(17-11-19)37-28-24(8-6-18-30-28)27(36)31-20-12-14-21(15-13-20)32-29-33-25-9-5-4-7-23(25)26(34-29)35(2)3/h4-11,16-18,20-21H,12-15H2,1-3H3,(H,31,36)(H,32,33,34). The lowest BCUT2D eigenvalue weighted by Crippen LogP contribution is -2.40. The van der Waals surface area contributed by atoms with Crippen LogP contribution in [0.25, 0.3) is 10.9 Å². The van der Waals surface area contributed by atoms with Crippen molar-refractivity contribution in [3.8, 4) is 11.6 Å². The average molecular weight is 497 g/mol. The number of carbonyl (C=O) groups excluding carboxylic acids is 1. The van der Waals surface area contributed by atoms with E-state index in [0.29, 0.717) is 23.1 Å². The molecule has 2 aromatic heterocycles. The number of aryl methyl sites for hydroxylation is 1. The third kappa shape index (κ3) is 5.80. The molecule has 1 fully saturated rings. The number of anilines is 2. The van der Waals surface area contributed by atoms with Crippen LogP contribution in [0.2, 0.25) is 0 Å². The maximum atomic E-state index is 13.1. The summed E-state index contributed by atoms with van der Waals surface area (Å²) in [6.07, 6.45) is 5.20. The second-order valence-corrected chi connectivity index (χ2v) is 9.72. The third-order valence-electron chi connectivity index (χ3n) is 6.65. The molecule has 1 aliphatic rings. The maximum Gasteiger partial charge on any atom is 0.257 e. The Morgan fingerprint density at radius 2 is 1.65 bits per heavy atom. The van der Waals surface area contributed by atoms with Gasteiger partial charge in [-0.3, -0.25) is 4.79 Å². The number of nitrogens with zero attached hydrogens (tertiary/aromatic N) is 4. The molecule has 4 aromatic rings. The molecule has 8 heteroatoms. The van der Waals surface area contributed by atoms with Crippen LogP contribution in [0.4, 0.5) is 11.8 Å². The fourth-order valence-corrected chi connectivity index (χ4v) is 4.66. The predicted octanol–water partition coefficient (Wildman–Crippen LogP) is 5.34. The number of benzene rings is 2. The number of pyridine rings is 1. The van der Waals surface area contributed by atoms with E-state index in [0.717, 1.165) is 48.0 Å². The van der Waals surface area contributed by atoms with Gasteiger partial charge in [-0.05, 0) is 69.0 Å². The number of amides is 1. The van der Waals surface area contributed by atoms with Crippen LogP contribution in [-0.4, -0.2) is 47.0 Å². The molecule has 1 saturated carbocycles. The quantitative estimate of drug-likeness (QED) is 0.357. The Morgan fingerprint density at radius 1 is 0.919 bits per heavy atom. The first-order valence-corrected chi connectivity index (χ1v) is 12.7. The van der Waals surface area contributed by atoms with Crippen LogP contribution in [0.5, 0.6) is 11.6 Å². The largest absolute Gasteiger partial charge is 0.438 e. The second-order valence-electron chi connectivity index (χ2n) is 9.72. The van der Waals surface area contributed by atoms with Gasteiger partial charge in [0.05, 0.1) is 5.52 Å².